The summed E-state index contributed by atoms with van der Waals surface area (Å²) in [5, 5.41) is 0. The Morgan fingerprint density at radius 2 is 1.57 bits per heavy atom. The number of aryl methyl sites for hydroxylation is 1. The summed E-state index contributed by atoms with van der Waals surface area (Å²) in [4.78, 5) is 0.277. The van der Waals surface area contributed by atoms with Crippen LogP contribution in [0.5, 0.6) is 0 Å². The summed E-state index contributed by atoms with van der Waals surface area (Å²) >= 11 is 0. The minimum absolute atomic E-state index is 0.277. The molecule has 0 unspecified atom stereocenters. The van der Waals surface area contributed by atoms with Crippen LogP contribution in [0, 0.1) is 0 Å². The quantitative estimate of drug-likeness (QED) is 0.769. The lowest BCUT2D eigenvalue weighted by atomic mass is 10.1. The Hall–Kier alpha value is -1.69. The van der Waals surface area contributed by atoms with Crippen LogP contribution in [0.1, 0.15) is 17.5 Å². The smallest absolute Gasteiger partial charge is 0.240 e. The average molecular weight is 304 g/mol. The van der Waals surface area contributed by atoms with Crippen molar-refractivity contribution in [1.82, 2.24) is 4.72 Å². The van der Waals surface area contributed by atoms with Crippen molar-refractivity contribution in [2.24, 2.45) is 5.73 Å². The van der Waals surface area contributed by atoms with Gasteiger partial charge in [0.25, 0.3) is 0 Å². The standard InChI is InChI=1S/C16H20N2O2S/c17-13-15-8-10-16(11-9-15)21(19,20)18-12-4-7-14-5-2-1-3-6-14/h1-3,5-6,8-11,18H,4,7,12-13,17H2. The van der Waals surface area contributed by atoms with E-state index in [4.69, 9.17) is 5.73 Å². The lowest BCUT2D eigenvalue weighted by Crippen LogP contribution is -2.25. The predicted molar refractivity (Wildman–Crippen MR) is 84.3 cm³/mol. The van der Waals surface area contributed by atoms with E-state index in [9.17, 15) is 8.42 Å². The van der Waals surface area contributed by atoms with E-state index in [0.717, 1.165) is 18.4 Å². The van der Waals surface area contributed by atoms with Gasteiger partial charge in [-0.1, -0.05) is 42.5 Å². The van der Waals surface area contributed by atoms with Crippen LogP contribution < -0.4 is 10.5 Å². The van der Waals surface area contributed by atoms with Crippen molar-refractivity contribution >= 4 is 10.0 Å². The molecule has 21 heavy (non-hydrogen) atoms. The maximum Gasteiger partial charge on any atom is 0.240 e. The molecule has 112 valence electrons. The van der Waals surface area contributed by atoms with Crippen molar-refractivity contribution in [3.05, 3.63) is 65.7 Å². The summed E-state index contributed by atoms with van der Waals surface area (Å²) in [5.74, 6) is 0. The molecule has 2 rings (SSSR count). The normalized spacial score (nSPS) is 11.5. The molecule has 2 aromatic rings. The average Bonchev–Trinajstić information content (AvgIpc) is 2.53. The van der Waals surface area contributed by atoms with Gasteiger partial charge in [0, 0.05) is 13.1 Å². The van der Waals surface area contributed by atoms with Crippen LogP contribution in [-0.4, -0.2) is 15.0 Å². The number of benzene rings is 2. The third kappa shape index (κ3) is 4.67. The summed E-state index contributed by atoms with van der Waals surface area (Å²) in [6.45, 7) is 0.834. The van der Waals surface area contributed by atoms with Crippen LogP contribution >= 0.6 is 0 Å². The fourth-order valence-electron chi connectivity index (χ4n) is 2.03. The highest BCUT2D eigenvalue weighted by Gasteiger charge is 2.12. The van der Waals surface area contributed by atoms with E-state index < -0.39 is 10.0 Å². The fraction of sp³-hybridized carbons (Fsp3) is 0.250. The molecule has 0 aliphatic heterocycles. The number of hydrogen-bond donors (Lipinski definition) is 2. The fourth-order valence-corrected chi connectivity index (χ4v) is 3.11. The molecular formula is C16H20N2O2S. The Morgan fingerprint density at radius 3 is 2.19 bits per heavy atom. The molecule has 2 aromatic carbocycles. The number of nitrogens with one attached hydrogen (secondary N) is 1. The third-order valence-corrected chi connectivity index (χ3v) is 4.72. The molecule has 0 heterocycles. The van der Waals surface area contributed by atoms with Gasteiger partial charge in [-0.05, 0) is 36.1 Å². The molecule has 0 aliphatic rings. The van der Waals surface area contributed by atoms with Crippen molar-refractivity contribution in [1.29, 1.82) is 0 Å². The summed E-state index contributed by atoms with van der Waals surface area (Å²) in [6, 6.07) is 16.7. The monoisotopic (exact) mass is 304 g/mol. The van der Waals surface area contributed by atoms with Gasteiger partial charge in [-0.25, -0.2) is 13.1 Å². The Bertz CT molecular complexity index is 652. The van der Waals surface area contributed by atoms with E-state index in [1.165, 1.54) is 5.56 Å². The highest BCUT2D eigenvalue weighted by Crippen LogP contribution is 2.10. The van der Waals surface area contributed by atoms with Gasteiger partial charge in [0.1, 0.15) is 0 Å². The minimum atomic E-state index is -3.43. The van der Waals surface area contributed by atoms with Gasteiger partial charge < -0.3 is 5.73 Å². The van der Waals surface area contributed by atoms with Crippen molar-refractivity contribution in [2.75, 3.05) is 6.54 Å². The molecular weight excluding hydrogens is 284 g/mol. The molecule has 0 bridgehead atoms. The van der Waals surface area contributed by atoms with E-state index >= 15 is 0 Å². The van der Waals surface area contributed by atoms with E-state index in [-0.39, 0.29) is 4.90 Å². The van der Waals surface area contributed by atoms with E-state index in [0.29, 0.717) is 13.1 Å². The van der Waals surface area contributed by atoms with Gasteiger partial charge in [0.15, 0.2) is 0 Å². The summed E-state index contributed by atoms with van der Waals surface area (Å²) in [7, 11) is -3.43. The molecule has 0 fully saturated rings. The molecule has 0 spiro atoms. The van der Waals surface area contributed by atoms with Crippen molar-refractivity contribution in [3.63, 3.8) is 0 Å². The first kappa shape index (κ1) is 15.7. The number of rotatable bonds is 7. The predicted octanol–water partition coefficient (Wildman–Crippen LogP) is 2.06. The van der Waals surface area contributed by atoms with Crippen LogP contribution in [-0.2, 0) is 23.0 Å². The van der Waals surface area contributed by atoms with Gasteiger partial charge in [0.2, 0.25) is 10.0 Å². The second-order valence-electron chi connectivity index (χ2n) is 4.84. The second-order valence-corrected chi connectivity index (χ2v) is 6.60. The van der Waals surface area contributed by atoms with Gasteiger partial charge in [-0.2, -0.15) is 0 Å². The first-order valence-electron chi connectivity index (χ1n) is 6.94. The van der Waals surface area contributed by atoms with E-state index in [1.807, 2.05) is 30.3 Å². The molecule has 3 N–H and O–H groups in total. The molecule has 0 aliphatic carbocycles. The van der Waals surface area contributed by atoms with E-state index in [2.05, 4.69) is 4.72 Å². The molecule has 4 nitrogen and oxygen atoms in total. The zero-order valence-electron chi connectivity index (χ0n) is 11.8. The molecule has 0 amide bonds. The highest BCUT2D eigenvalue weighted by molar-refractivity contribution is 7.89. The van der Waals surface area contributed by atoms with Crippen LogP contribution in [0.15, 0.2) is 59.5 Å². The topological polar surface area (TPSA) is 72.2 Å². The molecule has 0 atom stereocenters. The maximum atomic E-state index is 12.1. The Balaban J connectivity index is 1.86. The molecule has 0 saturated heterocycles. The first-order chi connectivity index (χ1) is 10.1. The lowest BCUT2D eigenvalue weighted by Gasteiger charge is -2.07. The van der Waals surface area contributed by atoms with Crippen LogP contribution in [0.3, 0.4) is 0 Å². The molecule has 0 saturated carbocycles. The third-order valence-electron chi connectivity index (χ3n) is 3.25. The van der Waals surface area contributed by atoms with Crippen LogP contribution in [0.2, 0.25) is 0 Å². The lowest BCUT2D eigenvalue weighted by molar-refractivity contribution is 0.579. The van der Waals surface area contributed by atoms with Gasteiger partial charge >= 0.3 is 0 Å². The van der Waals surface area contributed by atoms with Crippen LogP contribution in [0.4, 0.5) is 0 Å². The summed E-state index contributed by atoms with van der Waals surface area (Å²) in [5.41, 5.74) is 7.62. The Labute approximate surface area is 126 Å². The van der Waals surface area contributed by atoms with Crippen molar-refractivity contribution in [3.8, 4) is 0 Å². The summed E-state index contributed by atoms with van der Waals surface area (Å²) < 4.78 is 26.8. The second kappa shape index (κ2) is 7.36. The molecule has 0 radical (unpaired) electrons. The van der Waals surface area contributed by atoms with Gasteiger partial charge in [0.05, 0.1) is 4.90 Å². The van der Waals surface area contributed by atoms with Crippen molar-refractivity contribution in [2.45, 2.75) is 24.3 Å². The SMILES string of the molecule is NCc1ccc(S(=O)(=O)NCCCc2ccccc2)cc1. The van der Waals surface area contributed by atoms with Gasteiger partial charge in [-0.15, -0.1) is 0 Å². The van der Waals surface area contributed by atoms with Gasteiger partial charge in [-0.3, -0.25) is 0 Å². The molecule has 5 heteroatoms. The minimum Gasteiger partial charge on any atom is -0.326 e. The number of nitrogens with two attached hydrogens (primary N) is 1. The zero-order chi connectivity index (χ0) is 15.1. The maximum absolute atomic E-state index is 12.1. The van der Waals surface area contributed by atoms with Crippen molar-refractivity contribution < 1.29 is 8.42 Å². The largest absolute Gasteiger partial charge is 0.326 e. The molecule has 0 aromatic heterocycles. The number of hydrogen-bond acceptors (Lipinski definition) is 3. The Kier molecular flexibility index (Phi) is 5.50. The zero-order valence-corrected chi connectivity index (χ0v) is 12.6. The van der Waals surface area contributed by atoms with Crippen LogP contribution in [0.25, 0.3) is 0 Å². The Morgan fingerprint density at radius 1 is 0.905 bits per heavy atom. The number of sulfonamides is 1. The summed E-state index contributed by atoms with van der Waals surface area (Å²) in [6.07, 6.45) is 1.62. The van der Waals surface area contributed by atoms with E-state index in [1.54, 1.807) is 24.3 Å². The highest BCUT2D eigenvalue weighted by atomic mass is 32.2. The first-order valence-corrected chi connectivity index (χ1v) is 8.43.